The van der Waals surface area contributed by atoms with Crippen molar-refractivity contribution in [2.75, 3.05) is 6.61 Å². The maximum Gasteiger partial charge on any atom is 0.154 e. The van der Waals surface area contributed by atoms with Gasteiger partial charge in [0.15, 0.2) is 7.28 Å². The standard InChI is InChI=1S/C11H17BO/c1-11(2,8-13)9-4-6-10(12-3)7-5-9/h4-7,12-13H,8H2,1-3H3. The van der Waals surface area contributed by atoms with E-state index in [4.69, 9.17) is 0 Å². The van der Waals surface area contributed by atoms with Crippen molar-refractivity contribution in [3.63, 3.8) is 0 Å². The molecule has 13 heavy (non-hydrogen) atoms. The Hall–Kier alpha value is -0.755. The van der Waals surface area contributed by atoms with Crippen molar-refractivity contribution < 1.29 is 5.11 Å². The fourth-order valence-electron chi connectivity index (χ4n) is 1.28. The Labute approximate surface area is 81.0 Å². The molecule has 0 aliphatic carbocycles. The predicted molar refractivity (Wildman–Crippen MR) is 59.2 cm³/mol. The van der Waals surface area contributed by atoms with E-state index < -0.39 is 0 Å². The van der Waals surface area contributed by atoms with Crippen molar-refractivity contribution in [3.8, 4) is 0 Å². The van der Waals surface area contributed by atoms with E-state index in [1.165, 1.54) is 11.0 Å². The minimum absolute atomic E-state index is 0.119. The zero-order chi connectivity index (χ0) is 9.90. The molecule has 0 amide bonds. The van der Waals surface area contributed by atoms with Crippen molar-refractivity contribution in [2.45, 2.75) is 26.1 Å². The fourth-order valence-corrected chi connectivity index (χ4v) is 1.28. The highest BCUT2D eigenvalue weighted by atomic mass is 16.3. The second-order valence-electron chi connectivity index (χ2n) is 4.09. The molecule has 1 aromatic rings. The van der Waals surface area contributed by atoms with Gasteiger partial charge in [0.25, 0.3) is 0 Å². The van der Waals surface area contributed by atoms with Gasteiger partial charge in [-0.15, -0.1) is 0 Å². The second kappa shape index (κ2) is 3.97. The number of rotatable bonds is 3. The molecule has 0 atom stereocenters. The van der Waals surface area contributed by atoms with Crippen LogP contribution in [-0.4, -0.2) is 19.0 Å². The maximum atomic E-state index is 9.17. The monoisotopic (exact) mass is 176 g/mol. The molecule has 0 aliphatic heterocycles. The Morgan fingerprint density at radius 2 is 1.77 bits per heavy atom. The highest BCUT2D eigenvalue weighted by molar-refractivity contribution is 6.51. The van der Waals surface area contributed by atoms with Gasteiger partial charge in [-0.25, -0.2) is 0 Å². The van der Waals surface area contributed by atoms with Crippen molar-refractivity contribution >= 4 is 12.7 Å². The van der Waals surface area contributed by atoms with Crippen LogP contribution in [0.4, 0.5) is 0 Å². The number of aliphatic hydroxyl groups is 1. The summed E-state index contributed by atoms with van der Waals surface area (Å²) in [5.74, 6) is 0. The molecule has 0 aliphatic rings. The second-order valence-corrected chi connectivity index (χ2v) is 4.09. The third-order valence-electron chi connectivity index (χ3n) is 2.54. The molecule has 0 radical (unpaired) electrons. The highest BCUT2D eigenvalue weighted by Gasteiger charge is 2.18. The van der Waals surface area contributed by atoms with E-state index in [1.54, 1.807) is 0 Å². The molecule has 1 nitrogen and oxygen atoms in total. The first-order chi connectivity index (χ1) is 6.10. The lowest BCUT2D eigenvalue weighted by Crippen LogP contribution is -2.23. The lowest BCUT2D eigenvalue weighted by molar-refractivity contribution is 0.218. The third kappa shape index (κ3) is 2.34. The fraction of sp³-hybridized carbons (Fsp3) is 0.455. The molecule has 0 saturated carbocycles. The Balaban J connectivity index is 2.92. The van der Waals surface area contributed by atoms with Crippen LogP contribution in [0.5, 0.6) is 0 Å². The number of hydrogen-bond donors (Lipinski definition) is 1. The molecule has 0 fully saturated rings. The Kier molecular flexibility index (Phi) is 3.15. The average Bonchev–Trinajstić information content (AvgIpc) is 2.18. The van der Waals surface area contributed by atoms with Crippen molar-refractivity contribution in [1.82, 2.24) is 0 Å². The molecule has 2 heteroatoms. The SMILES string of the molecule is CBc1ccc(C(C)(C)CO)cc1. The van der Waals surface area contributed by atoms with Gasteiger partial charge in [0.2, 0.25) is 0 Å². The van der Waals surface area contributed by atoms with Gasteiger partial charge < -0.3 is 5.11 Å². The molecule has 0 aromatic heterocycles. The Bertz CT molecular complexity index is 264. The first-order valence-electron chi connectivity index (χ1n) is 4.80. The molecular weight excluding hydrogens is 159 g/mol. The van der Waals surface area contributed by atoms with Gasteiger partial charge in [0.05, 0.1) is 6.61 Å². The van der Waals surface area contributed by atoms with Crippen molar-refractivity contribution in [3.05, 3.63) is 29.8 Å². The van der Waals surface area contributed by atoms with Crippen LogP contribution in [-0.2, 0) is 5.41 Å². The van der Waals surface area contributed by atoms with E-state index in [9.17, 15) is 5.11 Å². The van der Waals surface area contributed by atoms with Gasteiger partial charge in [-0.2, -0.15) is 0 Å². The van der Waals surface area contributed by atoms with Crippen LogP contribution >= 0.6 is 0 Å². The summed E-state index contributed by atoms with van der Waals surface area (Å²) in [5, 5.41) is 9.17. The minimum atomic E-state index is -0.119. The normalized spacial score (nSPS) is 11.4. The van der Waals surface area contributed by atoms with E-state index >= 15 is 0 Å². The van der Waals surface area contributed by atoms with Crippen LogP contribution in [0.1, 0.15) is 19.4 Å². The van der Waals surface area contributed by atoms with Gasteiger partial charge in [-0.1, -0.05) is 50.4 Å². The van der Waals surface area contributed by atoms with Crippen LogP contribution in [0.15, 0.2) is 24.3 Å². The molecule has 1 N–H and O–H groups in total. The molecule has 0 spiro atoms. The van der Waals surface area contributed by atoms with E-state index in [0.717, 1.165) is 7.28 Å². The molecule has 1 rings (SSSR count). The molecule has 1 aromatic carbocycles. The van der Waals surface area contributed by atoms with Gasteiger partial charge in [-0.3, -0.25) is 0 Å². The summed E-state index contributed by atoms with van der Waals surface area (Å²) in [4.78, 5) is 0. The van der Waals surface area contributed by atoms with Crippen LogP contribution in [0.25, 0.3) is 0 Å². The van der Waals surface area contributed by atoms with E-state index in [1.807, 2.05) is 13.8 Å². The van der Waals surface area contributed by atoms with Gasteiger partial charge in [-0.05, 0) is 5.56 Å². The maximum absolute atomic E-state index is 9.17. The van der Waals surface area contributed by atoms with Crippen LogP contribution in [0.3, 0.4) is 0 Å². The summed E-state index contributed by atoms with van der Waals surface area (Å²) < 4.78 is 0. The smallest absolute Gasteiger partial charge is 0.154 e. The zero-order valence-electron chi connectivity index (χ0n) is 8.67. The molecule has 0 heterocycles. The number of benzene rings is 1. The van der Waals surface area contributed by atoms with Gasteiger partial charge >= 0.3 is 0 Å². The predicted octanol–water partition coefficient (Wildman–Crippen LogP) is 1.07. The first-order valence-corrected chi connectivity index (χ1v) is 4.80. The van der Waals surface area contributed by atoms with E-state index in [0.29, 0.717) is 0 Å². The number of aliphatic hydroxyl groups excluding tert-OH is 1. The topological polar surface area (TPSA) is 20.2 Å². The molecule has 0 unspecified atom stereocenters. The average molecular weight is 176 g/mol. The zero-order valence-corrected chi connectivity index (χ0v) is 8.67. The van der Waals surface area contributed by atoms with Gasteiger partial charge in [0, 0.05) is 5.41 Å². The Morgan fingerprint density at radius 3 is 2.15 bits per heavy atom. The molecule has 70 valence electrons. The van der Waals surface area contributed by atoms with Crippen molar-refractivity contribution in [2.24, 2.45) is 0 Å². The van der Waals surface area contributed by atoms with Gasteiger partial charge in [0.1, 0.15) is 0 Å². The van der Waals surface area contributed by atoms with Crippen LogP contribution in [0, 0.1) is 0 Å². The van der Waals surface area contributed by atoms with Crippen LogP contribution in [0.2, 0.25) is 6.82 Å². The summed E-state index contributed by atoms with van der Waals surface area (Å²) in [5.41, 5.74) is 2.43. The lowest BCUT2D eigenvalue weighted by Gasteiger charge is -2.22. The molecule has 0 saturated heterocycles. The summed E-state index contributed by atoms with van der Waals surface area (Å²) in [6, 6.07) is 8.48. The van der Waals surface area contributed by atoms with Crippen molar-refractivity contribution in [1.29, 1.82) is 0 Å². The summed E-state index contributed by atoms with van der Waals surface area (Å²) in [7, 11) is 1.07. The van der Waals surface area contributed by atoms with Crippen LogP contribution < -0.4 is 5.46 Å². The highest BCUT2D eigenvalue weighted by Crippen LogP contribution is 2.20. The lowest BCUT2D eigenvalue weighted by atomic mass is 9.72. The van der Waals surface area contributed by atoms with E-state index in [-0.39, 0.29) is 12.0 Å². The quantitative estimate of drug-likeness (QED) is 0.683. The Morgan fingerprint density at radius 1 is 1.23 bits per heavy atom. The third-order valence-corrected chi connectivity index (χ3v) is 2.54. The summed E-state index contributed by atoms with van der Waals surface area (Å²) in [6.45, 7) is 6.44. The molecule has 0 bridgehead atoms. The van der Waals surface area contributed by atoms with E-state index in [2.05, 4.69) is 31.1 Å². The molecular formula is C11H17BO. The minimum Gasteiger partial charge on any atom is -0.395 e. The summed E-state index contributed by atoms with van der Waals surface area (Å²) in [6.07, 6.45) is 0. The first kappa shape index (κ1) is 10.3. The largest absolute Gasteiger partial charge is 0.395 e. The summed E-state index contributed by atoms with van der Waals surface area (Å²) >= 11 is 0. The number of hydrogen-bond acceptors (Lipinski definition) is 1.